The van der Waals surface area contributed by atoms with Crippen LogP contribution in [0.15, 0.2) is 53.4 Å². The van der Waals surface area contributed by atoms with Crippen LogP contribution in [-0.4, -0.2) is 58.1 Å². The van der Waals surface area contributed by atoms with Crippen molar-refractivity contribution in [2.45, 2.75) is 42.4 Å². The molecule has 1 aliphatic heterocycles. The molecule has 0 saturated carbocycles. The van der Waals surface area contributed by atoms with E-state index in [0.717, 1.165) is 6.07 Å². The number of amides is 2. The third kappa shape index (κ3) is 6.87. The topological polar surface area (TPSA) is 126 Å². The third-order valence-corrected chi connectivity index (χ3v) is 6.84. The van der Waals surface area contributed by atoms with Gasteiger partial charge < -0.3 is 25.2 Å². The Kier molecular flexibility index (Phi) is 8.61. The Bertz CT molecular complexity index is 1030. The molecule has 0 bridgehead atoms. The number of nitrogens with one attached hydrogen (secondary N) is 3. The minimum absolute atomic E-state index is 0.0511. The fourth-order valence-corrected chi connectivity index (χ4v) is 4.74. The van der Waals surface area contributed by atoms with Crippen LogP contribution in [0.1, 0.15) is 19.3 Å². The van der Waals surface area contributed by atoms with Crippen molar-refractivity contribution >= 4 is 21.7 Å². The van der Waals surface area contributed by atoms with Crippen molar-refractivity contribution in [3.05, 3.63) is 54.3 Å². The van der Waals surface area contributed by atoms with Crippen LogP contribution >= 0.6 is 0 Å². The number of aliphatic hydroxyl groups is 1. The summed E-state index contributed by atoms with van der Waals surface area (Å²) in [5.74, 6) is -0.148. The van der Waals surface area contributed by atoms with Gasteiger partial charge in [0.1, 0.15) is 22.6 Å². The van der Waals surface area contributed by atoms with Gasteiger partial charge in [0.15, 0.2) is 0 Å². The summed E-state index contributed by atoms with van der Waals surface area (Å²) in [7, 11) is -2.42. The smallest absolute Gasteiger partial charge is 0.319 e. The quantitative estimate of drug-likeness (QED) is 0.435. The zero-order valence-electron chi connectivity index (χ0n) is 18.2. The molecule has 33 heavy (non-hydrogen) atoms. The lowest BCUT2D eigenvalue weighted by Gasteiger charge is -2.36. The summed E-state index contributed by atoms with van der Waals surface area (Å²) in [6.07, 6.45) is 0.508. The molecule has 9 nitrogen and oxygen atoms in total. The lowest BCUT2D eigenvalue weighted by molar-refractivity contribution is -0.0884. The van der Waals surface area contributed by atoms with E-state index < -0.39 is 38.9 Å². The van der Waals surface area contributed by atoms with Crippen molar-refractivity contribution in [1.29, 1.82) is 0 Å². The number of aliphatic hydroxyl groups excluding tert-OH is 1. The molecule has 2 amide bonds. The van der Waals surface area contributed by atoms with Crippen LogP contribution in [-0.2, 0) is 14.8 Å². The van der Waals surface area contributed by atoms with Crippen LogP contribution in [0.3, 0.4) is 0 Å². The van der Waals surface area contributed by atoms with E-state index in [4.69, 9.17) is 9.47 Å². The molecule has 1 saturated heterocycles. The number of ether oxygens (including phenoxy) is 2. The van der Waals surface area contributed by atoms with Crippen molar-refractivity contribution in [1.82, 2.24) is 10.0 Å². The first-order chi connectivity index (χ1) is 15.8. The summed E-state index contributed by atoms with van der Waals surface area (Å²) in [4.78, 5) is 11.9. The lowest BCUT2D eigenvalue weighted by atomic mass is 9.97. The second-order valence-electron chi connectivity index (χ2n) is 7.61. The first-order valence-corrected chi connectivity index (χ1v) is 12.0. The van der Waals surface area contributed by atoms with E-state index in [1.54, 1.807) is 31.4 Å². The number of hydrogen-bond acceptors (Lipinski definition) is 6. The zero-order chi connectivity index (χ0) is 23.8. The Balaban J connectivity index is 1.46. The number of carbonyl (C=O) groups excluding carboxylic acids is 1. The average Bonchev–Trinajstić information content (AvgIpc) is 2.80. The van der Waals surface area contributed by atoms with Crippen molar-refractivity contribution in [2.75, 3.05) is 25.6 Å². The predicted molar refractivity (Wildman–Crippen MR) is 120 cm³/mol. The largest absolute Gasteiger partial charge is 0.497 e. The maximum absolute atomic E-state index is 13.8. The number of sulfonamides is 1. The van der Waals surface area contributed by atoms with E-state index in [2.05, 4.69) is 15.4 Å². The Morgan fingerprint density at radius 2 is 1.91 bits per heavy atom. The van der Waals surface area contributed by atoms with Gasteiger partial charge in [-0.1, -0.05) is 12.1 Å². The molecule has 1 aliphatic rings. The van der Waals surface area contributed by atoms with Gasteiger partial charge in [-0.05, 0) is 55.7 Å². The minimum atomic E-state index is -3.97. The molecule has 0 aliphatic carbocycles. The molecule has 2 aromatic carbocycles. The standard InChI is InChI=1S/C22H28FN3O6S/c1-31-16-8-6-15(7-9-16)25-22(28)26-19-11-10-17(32-20(19)14-27)12-13-24-33(29,30)21-5-3-2-4-18(21)23/h2-9,17,19-20,24,27H,10-14H2,1H3,(H2,25,26,28)/t17-,19-,20+/m0/s1. The van der Waals surface area contributed by atoms with Crippen LogP contribution in [0, 0.1) is 5.82 Å². The monoisotopic (exact) mass is 481 g/mol. The molecule has 1 heterocycles. The highest BCUT2D eigenvalue weighted by atomic mass is 32.2. The summed E-state index contributed by atoms with van der Waals surface area (Å²) in [5.41, 5.74) is 0.589. The van der Waals surface area contributed by atoms with Gasteiger partial charge in [-0.3, -0.25) is 0 Å². The van der Waals surface area contributed by atoms with Gasteiger partial charge in [0, 0.05) is 12.2 Å². The maximum Gasteiger partial charge on any atom is 0.319 e. The molecular weight excluding hydrogens is 453 g/mol. The molecule has 1 fully saturated rings. The van der Waals surface area contributed by atoms with E-state index in [1.807, 2.05) is 0 Å². The summed E-state index contributed by atoms with van der Waals surface area (Å²) < 4.78 is 51.6. The van der Waals surface area contributed by atoms with Gasteiger partial charge in [0.25, 0.3) is 0 Å². The molecule has 3 atom stereocenters. The van der Waals surface area contributed by atoms with E-state index in [0.29, 0.717) is 30.7 Å². The number of methoxy groups -OCH3 is 1. The number of carbonyl (C=O) groups is 1. The Morgan fingerprint density at radius 1 is 1.18 bits per heavy atom. The van der Waals surface area contributed by atoms with Crippen LogP contribution in [0.25, 0.3) is 0 Å². The highest BCUT2D eigenvalue weighted by Crippen LogP contribution is 2.22. The first kappa shape index (κ1) is 24.9. The molecule has 2 aromatic rings. The normalized spacial score (nSPS) is 20.8. The second-order valence-corrected chi connectivity index (χ2v) is 9.34. The fourth-order valence-electron chi connectivity index (χ4n) is 3.61. The first-order valence-electron chi connectivity index (χ1n) is 10.5. The highest BCUT2D eigenvalue weighted by molar-refractivity contribution is 7.89. The van der Waals surface area contributed by atoms with Gasteiger partial charge in [-0.25, -0.2) is 22.3 Å². The molecule has 3 rings (SSSR count). The lowest BCUT2D eigenvalue weighted by Crippen LogP contribution is -2.52. The number of anilines is 1. The van der Waals surface area contributed by atoms with Crippen molar-refractivity contribution in [3.8, 4) is 5.75 Å². The van der Waals surface area contributed by atoms with Crippen molar-refractivity contribution < 1.29 is 32.2 Å². The van der Waals surface area contributed by atoms with E-state index >= 15 is 0 Å². The summed E-state index contributed by atoms with van der Waals surface area (Å²) in [6.45, 7) is -0.250. The van der Waals surface area contributed by atoms with Crippen molar-refractivity contribution in [3.63, 3.8) is 0 Å². The molecule has 180 valence electrons. The number of rotatable bonds is 9. The molecule has 0 aromatic heterocycles. The minimum Gasteiger partial charge on any atom is -0.497 e. The molecular formula is C22H28FN3O6S. The van der Waals surface area contributed by atoms with Gasteiger partial charge in [0.05, 0.1) is 25.9 Å². The van der Waals surface area contributed by atoms with Gasteiger partial charge in [-0.2, -0.15) is 0 Å². The van der Waals surface area contributed by atoms with Crippen LogP contribution in [0.2, 0.25) is 0 Å². The van der Waals surface area contributed by atoms with E-state index in [9.17, 15) is 22.7 Å². The Labute approximate surface area is 192 Å². The maximum atomic E-state index is 13.8. The Hall–Kier alpha value is -2.73. The molecule has 0 unspecified atom stereocenters. The second kappa shape index (κ2) is 11.4. The van der Waals surface area contributed by atoms with Gasteiger partial charge in [0.2, 0.25) is 10.0 Å². The number of halogens is 1. The van der Waals surface area contributed by atoms with E-state index in [-0.39, 0.29) is 19.3 Å². The predicted octanol–water partition coefficient (Wildman–Crippen LogP) is 2.23. The number of urea groups is 1. The van der Waals surface area contributed by atoms with Crippen LogP contribution in [0.4, 0.5) is 14.9 Å². The van der Waals surface area contributed by atoms with Crippen LogP contribution in [0.5, 0.6) is 5.75 Å². The molecule has 0 radical (unpaired) electrons. The summed E-state index contributed by atoms with van der Waals surface area (Å²) in [6, 6.07) is 11.2. The van der Waals surface area contributed by atoms with E-state index in [1.165, 1.54) is 18.2 Å². The molecule has 11 heteroatoms. The van der Waals surface area contributed by atoms with Crippen LogP contribution < -0.4 is 20.1 Å². The number of hydrogen-bond donors (Lipinski definition) is 4. The summed E-state index contributed by atoms with van der Waals surface area (Å²) >= 11 is 0. The fraction of sp³-hybridized carbons (Fsp3) is 0.409. The van der Waals surface area contributed by atoms with Gasteiger partial charge >= 0.3 is 6.03 Å². The third-order valence-electron chi connectivity index (χ3n) is 5.34. The van der Waals surface area contributed by atoms with Crippen molar-refractivity contribution in [2.24, 2.45) is 0 Å². The zero-order valence-corrected chi connectivity index (χ0v) is 19.0. The Morgan fingerprint density at radius 3 is 2.58 bits per heavy atom. The average molecular weight is 482 g/mol. The molecule has 4 N–H and O–H groups in total. The summed E-state index contributed by atoms with van der Waals surface area (Å²) in [5, 5.41) is 15.2. The molecule has 0 spiro atoms. The SMILES string of the molecule is COc1ccc(NC(=O)N[C@H]2CC[C@@H](CCNS(=O)(=O)c3ccccc3F)O[C@@H]2CO)cc1. The van der Waals surface area contributed by atoms with Gasteiger partial charge in [-0.15, -0.1) is 0 Å². The highest BCUT2D eigenvalue weighted by Gasteiger charge is 2.32. The number of benzene rings is 2.